The van der Waals surface area contributed by atoms with Crippen molar-refractivity contribution in [2.45, 2.75) is 18.9 Å². The number of carbonyl (C=O) groups is 2. The summed E-state index contributed by atoms with van der Waals surface area (Å²) in [4.78, 5) is 21.5. The zero-order valence-electron chi connectivity index (χ0n) is 7.36. The summed E-state index contributed by atoms with van der Waals surface area (Å²) in [6.45, 7) is 0. The molecule has 0 radical (unpaired) electrons. The van der Waals surface area contributed by atoms with Crippen molar-refractivity contribution in [2.24, 2.45) is 5.73 Å². The van der Waals surface area contributed by atoms with Crippen molar-refractivity contribution >= 4 is 11.9 Å². The van der Waals surface area contributed by atoms with Crippen molar-refractivity contribution in [3.63, 3.8) is 0 Å². The first kappa shape index (κ1) is 12.0. The van der Waals surface area contributed by atoms with E-state index in [9.17, 15) is 9.59 Å². The molecule has 0 amide bonds. The molecule has 0 heterocycles. The van der Waals surface area contributed by atoms with Crippen molar-refractivity contribution in [1.29, 1.82) is 0 Å². The molecule has 0 fully saturated rings. The summed E-state index contributed by atoms with van der Waals surface area (Å²) in [7, 11) is 0. The molecule has 0 aliphatic heterocycles. The zero-order valence-corrected chi connectivity index (χ0v) is 7.36. The van der Waals surface area contributed by atoms with E-state index >= 15 is 0 Å². The molecular weight excluding hydrogens is 186 g/mol. The van der Waals surface area contributed by atoms with E-state index in [2.05, 4.69) is 9.47 Å². The standard InChI is InChI=1S/C9H9NO4/c1-3-13-8(11)6-5-7(10)9(12)14-4-2/h1-2,7H,5-6,10H2/t7-/m0/s1. The minimum absolute atomic E-state index is 0.0644. The molecule has 0 saturated carbocycles. The van der Waals surface area contributed by atoms with Gasteiger partial charge in [-0.25, -0.2) is 4.79 Å². The van der Waals surface area contributed by atoms with Crippen LogP contribution in [0, 0.1) is 25.1 Å². The molecule has 74 valence electrons. The Balaban J connectivity index is 3.81. The van der Waals surface area contributed by atoms with Gasteiger partial charge in [0.1, 0.15) is 18.3 Å². The fourth-order valence-corrected chi connectivity index (χ4v) is 0.642. The third kappa shape index (κ3) is 4.81. The summed E-state index contributed by atoms with van der Waals surface area (Å²) in [5.41, 5.74) is 5.32. The quantitative estimate of drug-likeness (QED) is 0.477. The number of hydrogen-bond acceptors (Lipinski definition) is 5. The highest BCUT2D eigenvalue weighted by atomic mass is 16.5. The van der Waals surface area contributed by atoms with E-state index in [1.807, 2.05) is 0 Å². The summed E-state index contributed by atoms with van der Waals surface area (Å²) in [5, 5.41) is 0. The fourth-order valence-electron chi connectivity index (χ4n) is 0.642. The highest BCUT2D eigenvalue weighted by Gasteiger charge is 2.16. The lowest BCUT2D eigenvalue weighted by Gasteiger charge is -2.05. The van der Waals surface area contributed by atoms with E-state index in [1.54, 1.807) is 12.2 Å². The lowest BCUT2D eigenvalue weighted by atomic mass is 10.2. The number of hydrogen-bond donors (Lipinski definition) is 1. The van der Waals surface area contributed by atoms with Gasteiger partial charge in [0.2, 0.25) is 0 Å². The van der Waals surface area contributed by atoms with Gasteiger partial charge in [0, 0.05) is 6.42 Å². The Morgan fingerprint density at radius 3 is 2.36 bits per heavy atom. The molecule has 0 spiro atoms. The Kier molecular flexibility index (Phi) is 5.60. The second-order valence-electron chi connectivity index (χ2n) is 2.28. The number of carbonyl (C=O) groups excluding carboxylic acids is 2. The fraction of sp³-hybridized carbons (Fsp3) is 0.333. The number of terminal acetylenes is 2. The minimum atomic E-state index is -0.948. The zero-order chi connectivity index (χ0) is 11.0. The van der Waals surface area contributed by atoms with Crippen LogP contribution in [0.4, 0.5) is 0 Å². The van der Waals surface area contributed by atoms with Crippen LogP contribution in [-0.4, -0.2) is 18.0 Å². The van der Waals surface area contributed by atoms with Crippen LogP contribution in [0.5, 0.6) is 0 Å². The van der Waals surface area contributed by atoms with Crippen molar-refractivity contribution < 1.29 is 19.1 Å². The number of rotatable bonds is 4. The average Bonchev–Trinajstić information content (AvgIpc) is 2.15. The first-order chi connectivity index (χ1) is 6.61. The van der Waals surface area contributed by atoms with Crippen LogP contribution in [0.15, 0.2) is 0 Å². The van der Waals surface area contributed by atoms with Gasteiger partial charge in [-0.3, -0.25) is 4.79 Å². The Morgan fingerprint density at radius 1 is 1.29 bits per heavy atom. The Morgan fingerprint density at radius 2 is 1.86 bits per heavy atom. The molecule has 5 nitrogen and oxygen atoms in total. The molecule has 0 aliphatic rings. The summed E-state index contributed by atoms with van der Waals surface area (Å²) in [6, 6.07) is -0.948. The maximum absolute atomic E-state index is 10.8. The van der Waals surface area contributed by atoms with E-state index in [-0.39, 0.29) is 12.8 Å². The second-order valence-corrected chi connectivity index (χ2v) is 2.28. The third-order valence-electron chi connectivity index (χ3n) is 1.29. The van der Waals surface area contributed by atoms with Gasteiger partial charge in [-0.1, -0.05) is 12.8 Å². The van der Waals surface area contributed by atoms with E-state index in [1.165, 1.54) is 0 Å². The lowest BCUT2D eigenvalue weighted by Crippen LogP contribution is -2.32. The molecule has 14 heavy (non-hydrogen) atoms. The summed E-state index contributed by atoms with van der Waals surface area (Å²) in [6.07, 6.45) is 12.8. The summed E-state index contributed by atoms with van der Waals surface area (Å²) < 4.78 is 8.34. The molecule has 0 rings (SSSR count). The van der Waals surface area contributed by atoms with Gasteiger partial charge in [0.25, 0.3) is 0 Å². The summed E-state index contributed by atoms with van der Waals surface area (Å²) >= 11 is 0. The molecule has 0 bridgehead atoms. The normalized spacial score (nSPS) is 10.5. The highest BCUT2D eigenvalue weighted by molar-refractivity contribution is 5.78. The van der Waals surface area contributed by atoms with Gasteiger partial charge in [0.15, 0.2) is 0 Å². The molecular formula is C9H9NO4. The van der Waals surface area contributed by atoms with Gasteiger partial charge in [-0.15, -0.1) is 0 Å². The predicted molar refractivity (Wildman–Crippen MR) is 47.1 cm³/mol. The van der Waals surface area contributed by atoms with E-state index in [0.29, 0.717) is 0 Å². The Labute approximate surface area is 81.5 Å². The molecule has 1 atom stereocenters. The largest absolute Gasteiger partial charge is 0.372 e. The van der Waals surface area contributed by atoms with Gasteiger partial charge in [0.05, 0.1) is 0 Å². The SMILES string of the molecule is C#COC(=O)CC[C@H](N)C(=O)OC#C. The lowest BCUT2D eigenvalue weighted by molar-refractivity contribution is -0.139. The van der Waals surface area contributed by atoms with Crippen molar-refractivity contribution in [3.05, 3.63) is 0 Å². The van der Waals surface area contributed by atoms with Gasteiger partial charge in [-0.2, -0.15) is 0 Å². The van der Waals surface area contributed by atoms with Crippen molar-refractivity contribution in [2.75, 3.05) is 0 Å². The molecule has 5 heteroatoms. The summed E-state index contributed by atoms with van der Waals surface area (Å²) in [5.74, 6) is -1.39. The maximum Gasteiger partial charge on any atom is 0.336 e. The monoisotopic (exact) mass is 195 g/mol. The number of nitrogens with two attached hydrogens (primary N) is 1. The van der Waals surface area contributed by atoms with Crippen LogP contribution in [0.2, 0.25) is 0 Å². The molecule has 0 saturated heterocycles. The molecule has 2 N–H and O–H groups in total. The molecule has 0 unspecified atom stereocenters. The van der Waals surface area contributed by atoms with Crippen LogP contribution < -0.4 is 5.73 Å². The molecule has 0 aliphatic carbocycles. The van der Waals surface area contributed by atoms with Crippen LogP contribution in [0.3, 0.4) is 0 Å². The molecule has 0 aromatic rings. The first-order valence-corrected chi connectivity index (χ1v) is 3.69. The van der Waals surface area contributed by atoms with Gasteiger partial charge >= 0.3 is 11.9 Å². The second kappa shape index (κ2) is 6.53. The first-order valence-electron chi connectivity index (χ1n) is 3.69. The van der Waals surface area contributed by atoms with Crippen LogP contribution in [0.1, 0.15) is 12.8 Å². The van der Waals surface area contributed by atoms with E-state index < -0.39 is 18.0 Å². The average molecular weight is 195 g/mol. The Bertz CT molecular complexity index is 297. The van der Waals surface area contributed by atoms with Crippen molar-refractivity contribution in [1.82, 2.24) is 0 Å². The number of ether oxygens (including phenoxy) is 2. The highest BCUT2D eigenvalue weighted by Crippen LogP contribution is 1.98. The van der Waals surface area contributed by atoms with Crippen LogP contribution in [0.25, 0.3) is 0 Å². The van der Waals surface area contributed by atoms with E-state index in [4.69, 9.17) is 18.6 Å². The van der Waals surface area contributed by atoms with Gasteiger partial charge < -0.3 is 15.2 Å². The van der Waals surface area contributed by atoms with Crippen LogP contribution in [-0.2, 0) is 19.1 Å². The maximum atomic E-state index is 10.8. The molecule has 0 aromatic heterocycles. The number of esters is 2. The van der Waals surface area contributed by atoms with E-state index in [0.717, 1.165) is 0 Å². The third-order valence-corrected chi connectivity index (χ3v) is 1.29. The smallest absolute Gasteiger partial charge is 0.336 e. The van der Waals surface area contributed by atoms with Crippen LogP contribution >= 0.6 is 0 Å². The van der Waals surface area contributed by atoms with Crippen molar-refractivity contribution in [3.8, 4) is 25.1 Å². The van der Waals surface area contributed by atoms with Gasteiger partial charge in [-0.05, 0) is 6.42 Å². The predicted octanol–water partition coefficient (Wildman–Crippen LogP) is -0.638. The molecule has 0 aromatic carbocycles. The topological polar surface area (TPSA) is 78.6 Å². The Hall–Kier alpha value is -1.98. The minimum Gasteiger partial charge on any atom is -0.372 e.